The molecule has 0 unspecified atom stereocenters. The van der Waals surface area contributed by atoms with Gasteiger partial charge in [0.1, 0.15) is 0 Å². The van der Waals surface area contributed by atoms with Crippen LogP contribution in [0, 0.1) is 5.92 Å². The van der Waals surface area contributed by atoms with Crippen molar-refractivity contribution >= 4 is 16.8 Å². The van der Waals surface area contributed by atoms with E-state index >= 15 is 0 Å². The van der Waals surface area contributed by atoms with Crippen LogP contribution in [0.25, 0.3) is 10.9 Å². The molecule has 0 aliphatic heterocycles. The first-order valence-corrected chi connectivity index (χ1v) is 6.97. The van der Waals surface area contributed by atoms with Crippen molar-refractivity contribution in [3.63, 3.8) is 0 Å². The standard InChI is InChI=1S/C16H21N3O/c1-12(2)9-19-15(20)11-17-10-14-6-3-5-13-7-4-8-18-16(13)14/h3-8,12,17H,9-11H2,1-2H3,(H,19,20). The highest BCUT2D eigenvalue weighted by Gasteiger charge is 2.04. The second-order valence-corrected chi connectivity index (χ2v) is 5.29. The van der Waals surface area contributed by atoms with Crippen LogP contribution in [0.2, 0.25) is 0 Å². The van der Waals surface area contributed by atoms with Crippen LogP contribution in [0.4, 0.5) is 0 Å². The van der Waals surface area contributed by atoms with E-state index in [4.69, 9.17) is 0 Å². The third kappa shape index (κ3) is 4.03. The number of nitrogens with one attached hydrogen (secondary N) is 2. The molecule has 0 bridgehead atoms. The third-order valence-corrected chi connectivity index (χ3v) is 3.02. The van der Waals surface area contributed by atoms with Gasteiger partial charge in [0.15, 0.2) is 0 Å². The molecule has 0 aliphatic rings. The highest BCUT2D eigenvalue weighted by Crippen LogP contribution is 2.15. The number of aromatic nitrogens is 1. The Balaban J connectivity index is 1.88. The van der Waals surface area contributed by atoms with Gasteiger partial charge in [-0.05, 0) is 17.5 Å². The fourth-order valence-electron chi connectivity index (χ4n) is 2.00. The number of hydrogen-bond donors (Lipinski definition) is 2. The van der Waals surface area contributed by atoms with Crippen molar-refractivity contribution in [2.75, 3.05) is 13.1 Å². The molecule has 0 atom stereocenters. The van der Waals surface area contributed by atoms with Crippen molar-refractivity contribution in [2.45, 2.75) is 20.4 Å². The Morgan fingerprint density at radius 3 is 2.85 bits per heavy atom. The van der Waals surface area contributed by atoms with Gasteiger partial charge < -0.3 is 10.6 Å². The topological polar surface area (TPSA) is 54.0 Å². The summed E-state index contributed by atoms with van der Waals surface area (Å²) in [7, 11) is 0. The lowest BCUT2D eigenvalue weighted by Gasteiger charge is -2.09. The molecular formula is C16H21N3O. The zero-order valence-electron chi connectivity index (χ0n) is 12.0. The minimum atomic E-state index is 0.0342. The largest absolute Gasteiger partial charge is 0.355 e. The Bertz CT molecular complexity index is 575. The van der Waals surface area contributed by atoms with E-state index in [1.807, 2.05) is 30.3 Å². The minimum Gasteiger partial charge on any atom is -0.355 e. The average molecular weight is 271 g/mol. The third-order valence-electron chi connectivity index (χ3n) is 3.02. The number of rotatable bonds is 6. The summed E-state index contributed by atoms with van der Waals surface area (Å²) in [5, 5.41) is 7.18. The van der Waals surface area contributed by atoms with Crippen molar-refractivity contribution in [3.8, 4) is 0 Å². The Labute approximate surface area is 119 Å². The summed E-state index contributed by atoms with van der Waals surface area (Å²) in [6.45, 7) is 5.85. The maximum Gasteiger partial charge on any atom is 0.233 e. The van der Waals surface area contributed by atoms with E-state index in [0.29, 0.717) is 19.0 Å². The lowest BCUT2D eigenvalue weighted by Crippen LogP contribution is -2.35. The van der Waals surface area contributed by atoms with Crippen molar-refractivity contribution in [2.24, 2.45) is 5.92 Å². The van der Waals surface area contributed by atoms with Crippen LogP contribution in [0.5, 0.6) is 0 Å². The van der Waals surface area contributed by atoms with E-state index in [1.54, 1.807) is 6.20 Å². The zero-order chi connectivity index (χ0) is 14.4. The molecule has 1 aromatic heterocycles. The molecule has 4 nitrogen and oxygen atoms in total. The number of carbonyl (C=O) groups excluding carboxylic acids is 1. The lowest BCUT2D eigenvalue weighted by molar-refractivity contribution is -0.120. The van der Waals surface area contributed by atoms with Crippen molar-refractivity contribution < 1.29 is 4.79 Å². The molecule has 20 heavy (non-hydrogen) atoms. The van der Waals surface area contributed by atoms with E-state index in [9.17, 15) is 4.79 Å². The molecule has 106 valence electrons. The molecule has 1 amide bonds. The molecule has 0 saturated carbocycles. The highest BCUT2D eigenvalue weighted by molar-refractivity contribution is 5.81. The van der Waals surface area contributed by atoms with Gasteiger partial charge in [0.05, 0.1) is 12.1 Å². The van der Waals surface area contributed by atoms with Crippen molar-refractivity contribution in [3.05, 3.63) is 42.1 Å². The number of benzene rings is 1. The molecule has 1 aromatic carbocycles. The van der Waals surface area contributed by atoms with E-state index < -0.39 is 0 Å². The second-order valence-electron chi connectivity index (χ2n) is 5.29. The maximum atomic E-state index is 11.6. The summed E-state index contributed by atoms with van der Waals surface area (Å²) in [6.07, 6.45) is 1.79. The highest BCUT2D eigenvalue weighted by atomic mass is 16.1. The van der Waals surface area contributed by atoms with Gasteiger partial charge in [0, 0.05) is 24.7 Å². The van der Waals surface area contributed by atoms with Crippen LogP contribution in [-0.2, 0) is 11.3 Å². The van der Waals surface area contributed by atoms with Crippen LogP contribution in [0.3, 0.4) is 0 Å². The van der Waals surface area contributed by atoms with Crippen LogP contribution >= 0.6 is 0 Å². The quantitative estimate of drug-likeness (QED) is 0.846. The summed E-state index contributed by atoms with van der Waals surface area (Å²) < 4.78 is 0. The van der Waals surface area contributed by atoms with Crippen molar-refractivity contribution in [1.29, 1.82) is 0 Å². The number of hydrogen-bond acceptors (Lipinski definition) is 3. The molecule has 2 N–H and O–H groups in total. The normalized spacial score (nSPS) is 10.9. The molecule has 0 aliphatic carbocycles. The monoisotopic (exact) mass is 271 g/mol. The second kappa shape index (κ2) is 7.01. The first kappa shape index (κ1) is 14.5. The van der Waals surface area contributed by atoms with Gasteiger partial charge >= 0.3 is 0 Å². The van der Waals surface area contributed by atoms with Gasteiger partial charge in [-0.3, -0.25) is 9.78 Å². The smallest absolute Gasteiger partial charge is 0.233 e. The van der Waals surface area contributed by atoms with E-state index in [0.717, 1.165) is 23.0 Å². The van der Waals surface area contributed by atoms with E-state index in [1.165, 1.54) is 0 Å². The molecule has 0 fully saturated rings. The molecule has 2 aromatic rings. The Morgan fingerprint density at radius 2 is 2.05 bits per heavy atom. The maximum absolute atomic E-state index is 11.6. The van der Waals surface area contributed by atoms with E-state index in [2.05, 4.69) is 29.5 Å². The summed E-state index contributed by atoms with van der Waals surface area (Å²) >= 11 is 0. The Morgan fingerprint density at radius 1 is 1.25 bits per heavy atom. The first-order chi connectivity index (χ1) is 9.66. The minimum absolute atomic E-state index is 0.0342. The molecule has 2 rings (SSSR count). The van der Waals surface area contributed by atoms with Gasteiger partial charge in [0.2, 0.25) is 5.91 Å². The summed E-state index contributed by atoms with van der Waals surface area (Å²) in [6, 6.07) is 10.1. The average Bonchev–Trinajstić information content (AvgIpc) is 2.45. The van der Waals surface area contributed by atoms with Crippen LogP contribution in [0.1, 0.15) is 19.4 Å². The van der Waals surface area contributed by atoms with Gasteiger partial charge in [0.25, 0.3) is 0 Å². The fraction of sp³-hybridized carbons (Fsp3) is 0.375. The molecule has 0 radical (unpaired) electrons. The molecular weight excluding hydrogens is 250 g/mol. The van der Waals surface area contributed by atoms with Crippen LogP contribution < -0.4 is 10.6 Å². The molecule has 0 spiro atoms. The summed E-state index contributed by atoms with van der Waals surface area (Å²) in [4.78, 5) is 16.0. The number of pyridine rings is 1. The summed E-state index contributed by atoms with van der Waals surface area (Å²) in [5.41, 5.74) is 2.10. The Hall–Kier alpha value is -1.94. The molecule has 4 heteroatoms. The van der Waals surface area contributed by atoms with Gasteiger partial charge in [-0.25, -0.2) is 0 Å². The SMILES string of the molecule is CC(C)CNC(=O)CNCc1cccc2cccnc12. The predicted molar refractivity (Wildman–Crippen MR) is 81.3 cm³/mol. The van der Waals surface area contributed by atoms with Crippen LogP contribution in [0.15, 0.2) is 36.5 Å². The number of para-hydroxylation sites is 1. The fourth-order valence-corrected chi connectivity index (χ4v) is 2.00. The summed E-state index contributed by atoms with van der Waals surface area (Å²) in [5.74, 6) is 0.508. The van der Waals surface area contributed by atoms with Gasteiger partial charge in [-0.2, -0.15) is 0 Å². The van der Waals surface area contributed by atoms with Crippen molar-refractivity contribution in [1.82, 2.24) is 15.6 Å². The lowest BCUT2D eigenvalue weighted by atomic mass is 10.1. The molecule has 1 heterocycles. The van der Waals surface area contributed by atoms with Gasteiger partial charge in [-0.15, -0.1) is 0 Å². The van der Waals surface area contributed by atoms with E-state index in [-0.39, 0.29) is 5.91 Å². The Kier molecular flexibility index (Phi) is 5.07. The number of fused-ring (bicyclic) bond motifs is 1. The van der Waals surface area contributed by atoms with Gasteiger partial charge in [-0.1, -0.05) is 38.1 Å². The zero-order valence-corrected chi connectivity index (χ0v) is 12.0. The number of amides is 1. The van der Waals surface area contributed by atoms with Crippen LogP contribution in [-0.4, -0.2) is 24.0 Å². The number of carbonyl (C=O) groups is 1. The predicted octanol–water partition coefficient (Wildman–Crippen LogP) is 2.10. The molecule has 0 saturated heterocycles. The first-order valence-electron chi connectivity index (χ1n) is 6.97. The number of nitrogens with zero attached hydrogens (tertiary/aromatic N) is 1.